The van der Waals surface area contributed by atoms with Crippen molar-refractivity contribution in [3.8, 4) is 17.0 Å². The summed E-state index contributed by atoms with van der Waals surface area (Å²) in [6.07, 6.45) is 0. The number of aryl methyl sites for hydroxylation is 1. The third-order valence-corrected chi connectivity index (χ3v) is 3.47. The number of hydrogen-bond acceptors (Lipinski definition) is 5. The van der Waals surface area contributed by atoms with E-state index in [1.807, 2.05) is 25.1 Å². The second kappa shape index (κ2) is 4.73. The molecule has 0 bridgehead atoms. The average Bonchev–Trinajstić information content (AvgIpc) is 2.70. The van der Waals surface area contributed by atoms with E-state index in [-0.39, 0.29) is 0 Å². The minimum atomic E-state index is 0.454. The Morgan fingerprint density at radius 3 is 2.76 bits per heavy atom. The van der Waals surface area contributed by atoms with Gasteiger partial charge < -0.3 is 16.2 Å². The quantitative estimate of drug-likeness (QED) is 0.874. The first-order valence-corrected chi connectivity index (χ1v) is 6.07. The number of thiazole rings is 1. The summed E-state index contributed by atoms with van der Waals surface area (Å²) in [5.41, 5.74) is 14.4. The Hall–Kier alpha value is -1.59. The van der Waals surface area contributed by atoms with Crippen LogP contribution in [0.1, 0.15) is 10.4 Å². The molecule has 0 saturated carbocycles. The van der Waals surface area contributed by atoms with E-state index in [0.29, 0.717) is 11.7 Å². The summed E-state index contributed by atoms with van der Waals surface area (Å²) in [7, 11) is 1.66. The molecule has 2 rings (SSSR count). The van der Waals surface area contributed by atoms with Crippen molar-refractivity contribution in [3.05, 3.63) is 28.6 Å². The molecule has 1 heterocycles. The molecule has 0 atom stereocenters. The van der Waals surface area contributed by atoms with Gasteiger partial charge in [-0.15, -0.1) is 11.3 Å². The van der Waals surface area contributed by atoms with Crippen molar-refractivity contribution in [2.45, 2.75) is 13.5 Å². The number of nitrogens with zero attached hydrogens (tertiary/aromatic N) is 1. The van der Waals surface area contributed by atoms with Crippen LogP contribution in [0.2, 0.25) is 0 Å². The molecule has 90 valence electrons. The first-order valence-electron chi connectivity index (χ1n) is 5.26. The van der Waals surface area contributed by atoms with E-state index in [1.54, 1.807) is 7.11 Å². The maximum absolute atomic E-state index is 5.71. The lowest BCUT2D eigenvalue weighted by Gasteiger charge is -2.06. The summed E-state index contributed by atoms with van der Waals surface area (Å²) in [5, 5.41) is 0.550. The van der Waals surface area contributed by atoms with Gasteiger partial charge in [-0.3, -0.25) is 0 Å². The Morgan fingerprint density at radius 1 is 1.41 bits per heavy atom. The molecule has 4 N–H and O–H groups in total. The summed E-state index contributed by atoms with van der Waals surface area (Å²) < 4.78 is 5.23. The lowest BCUT2D eigenvalue weighted by atomic mass is 10.1. The first-order chi connectivity index (χ1) is 8.15. The molecule has 0 saturated heterocycles. The third kappa shape index (κ3) is 2.25. The molecule has 17 heavy (non-hydrogen) atoms. The molecule has 0 aliphatic rings. The molecule has 0 amide bonds. The van der Waals surface area contributed by atoms with Gasteiger partial charge >= 0.3 is 0 Å². The van der Waals surface area contributed by atoms with Crippen molar-refractivity contribution in [2.24, 2.45) is 5.73 Å². The predicted molar refractivity (Wildman–Crippen MR) is 71.1 cm³/mol. The molecular weight excluding hydrogens is 234 g/mol. The number of anilines is 1. The Balaban J connectivity index is 2.49. The second-order valence-electron chi connectivity index (χ2n) is 3.71. The SMILES string of the molecule is COc1ccc(-c2nc(N)sc2CN)cc1C. The van der Waals surface area contributed by atoms with Crippen LogP contribution in [0.25, 0.3) is 11.3 Å². The Kier molecular flexibility index (Phi) is 3.31. The first kappa shape index (κ1) is 11.9. The molecule has 0 aliphatic heterocycles. The van der Waals surface area contributed by atoms with Crippen molar-refractivity contribution in [1.29, 1.82) is 0 Å². The second-order valence-corrected chi connectivity index (χ2v) is 4.83. The maximum atomic E-state index is 5.71. The number of rotatable bonds is 3. The highest BCUT2D eigenvalue weighted by atomic mass is 32.1. The van der Waals surface area contributed by atoms with Crippen molar-refractivity contribution in [3.63, 3.8) is 0 Å². The van der Waals surface area contributed by atoms with Crippen molar-refractivity contribution < 1.29 is 4.74 Å². The molecule has 1 aromatic heterocycles. The van der Waals surface area contributed by atoms with Crippen LogP contribution in [-0.4, -0.2) is 12.1 Å². The maximum Gasteiger partial charge on any atom is 0.180 e. The van der Waals surface area contributed by atoms with Crippen molar-refractivity contribution in [1.82, 2.24) is 4.98 Å². The van der Waals surface area contributed by atoms with E-state index in [9.17, 15) is 0 Å². The van der Waals surface area contributed by atoms with E-state index < -0.39 is 0 Å². The minimum absolute atomic E-state index is 0.454. The molecule has 0 unspecified atom stereocenters. The fourth-order valence-electron chi connectivity index (χ4n) is 1.76. The zero-order chi connectivity index (χ0) is 12.4. The van der Waals surface area contributed by atoms with Crippen LogP contribution in [0, 0.1) is 6.92 Å². The van der Waals surface area contributed by atoms with E-state index in [4.69, 9.17) is 16.2 Å². The number of nitrogen functional groups attached to an aromatic ring is 1. The number of methoxy groups -OCH3 is 1. The standard InChI is InChI=1S/C12H15N3OS/c1-7-5-8(3-4-9(7)16-2)11-10(6-13)17-12(14)15-11/h3-5H,6,13H2,1-2H3,(H2,14,15). The van der Waals surface area contributed by atoms with Crippen LogP contribution in [-0.2, 0) is 6.54 Å². The summed E-state index contributed by atoms with van der Waals surface area (Å²) >= 11 is 1.44. The van der Waals surface area contributed by atoms with E-state index in [1.165, 1.54) is 11.3 Å². The van der Waals surface area contributed by atoms with Crippen molar-refractivity contribution >= 4 is 16.5 Å². The zero-order valence-electron chi connectivity index (χ0n) is 9.86. The lowest BCUT2D eigenvalue weighted by molar-refractivity contribution is 0.412. The highest BCUT2D eigenvalue weighted by Gasteiger charge is 2.11. The largest absolute Gasteiger partial charge is 0.496 e. The minimum Gasteiger partial charge on any atom is -0.496 e. The normalized spacial score (nSPS) is 10.5. The molecular formula is C12H15N3OS. The number of nitrogens with two attached hydrogens (primary N) is 2. The van der Waals surface area contributed by atoms with Gasteiger partial charge in [0, 0.05) is 17.0 Å². The van der Waals surface area contributed by atoms with Crippen LogP contribution in [0.4, 0.5) is 5.13 Å². The molecule has 0 aliphatic carbocycles. The molecule has 4 nitrogen and oxygen atoms in total. The summed E-state index contributed by atoms with van der Waals surface area (Å²) in [6.45, 7) is 2.45. The van der Waals surface area contributed by atoms with Gasteiger partial charge in [0.05, 0.1) is 12.8 Å². The van der Waals surface area contributed by atoms with E-state index in [2.05, 4.69) is 4.98 Å². The van der Waals surface area contributed by atoms with Crippen molar-refractivity contribution in [2.75, 3.05) is 12.8 Å². The van der Waals surface area contributed by atoms with Gasteiger partial charge in [-0.25, -0.2) is 4.98 Å². The van der Waals surface area contributed by atoms with Gasteiger partial charge in [0.15, 0.2) is 5.13 Å². The summed E-state index contributed by atoms with van der Waals surface area (Å²) in [5.74, 6) is 0.867. The molecule has 2 aromatic rings. The van der Waals surface area contributed by atoms with Crippen LogP contribution < -0.4 is 16.2 Å². The molecule has 5 heteroatoms. The van der Waals surface area contributed by atoms with E-state index >= 15 is 0 Å². The monoisotopic (exact) mass is 249 g/mol. The van der Waals surface area contributed by atoms with Gasteiger partial charge in [-0.2, -0.15) is 0 Å². The molecule has 1 aromatic carbocycles. The number of ether oxygens (including phenoxy) is 1. The Morgan fingerprint density at radius 2 is 2.18 bits per heavy atom. The Bertz CT molecular complexity index is 537. The van der Waals surface area contributed by atoms with Gasteiger partial charge in [0.25, 0.3) is 0 Å². The Labute approximate surface area is 104 Å². The summed E-state index contributed by atoms with van der Waals surface area (Å²) in [6, 6.07) is 5.94. The van der Waals surface area contributed by atoms with Gasteiger partial charge in [0.2, 0.25) is 0 Å². The lowest BCUT2D eigenvalue weighted by Crippen LogP contribution is -1.96. The number of hydrogen-bond donors (Lipinski definition) is 2. The van der Waals surface area contributed by atoms with Gasteiger partial charge in [0.1, 0.15) is 5.75 Å². The van der Waals surface area contributed by atoms with Crippen LogP contribution in [0.3, 0.4) is 0 Å². The van der Waals surface area contributed by atoms with Crippen LogP contribution >= 0.6 is 11.3 Å². The smallest absolute Gasteiger partial charge is 0.180 e. The van der Waals surface area contributed by atoms with Gasteiger partial charge in [-0.05, 0) is 30.7 Å². The summed E-state index contributed by atoms with van der Waals surface area (Å²) in [4.78, 5) is 5.33. The molecule has 0 fully saturated rings. The highest BCUT2D eigenvalue weighted by molar-refractivity contribution is 7.15. The van der Waals surface area contributed by atoms with Crippen LogP contribution in [0.15, 0.2) is 18.2 Å². The highest BCUT2D eigenvalue weighted by Crippen LogP contribution is 2.31. The topological polar surface area (TPSA) is 74.2 Å². The fraction of sp³-hybridized carbons (Fsp3) is 0.250. The average molecular weight is 249 g/mol. The number of benzene rings is 1. The zero-order valence-corrected chi connectivity index (χ0v) is 10.7. The van der Waals surface area contributed by atoms with E-state index in [0.717, 1.165) is 27.4 Å². The third-order valence-electron chi connectivity index (χ3n) is 2.57. The molecule has 0 spiro atoms. The van der Waals surface area contributed by atoms with Gasteiger partial charge in [-0.1, -0.05) is 0 Å². The molecule has 0 radical (unpaired) electrons. The predicted octanol–water partition coefficient (Wildman–Crippen LogP) is 2.17. The van der Waals surface area contributed by atoms with Crippen LogP contribution in [0.5, 0.6) is 5.75 Å². The fourth-order valence-corrected chi connectivity index (χ4v) is 2.49. The number of aromatic nitrogens is 1.